The summed E-state index contributed by atoms with van der Waals surface area (Å²) in [6.07, 6.45) is 73.3. The average Bonchev–Trinajstić information content (AvgIpc) is 3.36. The van der Waals surface area contributed by atoms with Crippen molar-refractivity contribution in [2.75, 3.05) is 13.2 Å². The molecule has 70 heavy (non-hydrogen) atoms. The second kappa shape index (κ2) is 59.9. The van der Waals surface area contributed by atoms with Crippen LogP contribution < -0.4 is 5.32 Å². The van der Waals surface area contributed by atoms with Gasteiger partial charge in [-0.1, -0.05) is 301 Å². The fraction of sp³-hybridized carbons (Fsp3) is 0.906. The van der Waals surface area contributed by atoms with Crippen molar-refractivity contribution in [1.82, 2.24) is 5.32 Å². The number of aliphatic hydroxyl groups excluding tert-OH is 2. The Labute approximate surface area is 437 Å². The molecule has 2 unspecified atom stereocenters. The monoisotopic (exact) mass is 986 g/mol. The number of carbonyl (C=O) groups is 2. The van der Waals surface area contributed by atoms with Gasteiger partial charge in [0.25, 0.3) is 0 Å². The van der Waals surface area contributed by atoms with Crippen LogP contribution in [0.2, 0.25) is 0 Å². The van der Waals surface area contributed by atoms with Gasteiger partial charge in [-0.25, -0.2) is 0 Å². The van der Waals surface area contributed by atoms with E-state index in [9.17, 15) is 19.8 Å². The van der Waals surface area contributed by atoms with Gasteiger partial charge in [0.05, 0.1) is 25.4 Å². The van der Waals surface area contributed by atoms with Gasteiger partial charge in [0.2, 0.25) is 5.91 Å². The lowest BCUT2D eigenvalue weighted by molar-refractivity contribution is -0.143. The Morgan fingerprint density at radius 2 is 0.700 bits per heavy atom. The van der Waals surface area contributed by atoms with E-state index in [2.05, 4.69) is 43.5 Å². The van der Waals surface area contributed by atoms with E-state index in [0.717, 1.165) is 70.6 Å². The number of ether oxygens (including phenoxy) is 1. The van der Waals surface area contributed by atoms with Crippen LogP contribution in [0.15, 0.2) is 24.3 Å². The fourth-order valence-corrected chi connectivity index (χ4v) is 9.93. The molecule has 0 radical (unpaired) electrons. The van der Waals surface area contributed by atoms with E-state index in [4.69, 9.17) is 4.74 Å². The van der Waals surface area contributed by atoms with Crippen molar-refractivity contribution >= 4 is 11.9 Å². The number of unbranched alkanes of at least 4 members (excludes halogenated alkanes) is 45. The maximum atomic E-state index is 12.5. The van der Waals surface area contributed by atoms with Crippen LogP contribution >= 0.6 is 0 Å². The topological polar surface area (TPSA) is 95.9 Å². The SMILES string of the molecule is CCCCCCCCCCCCCCCCCCCCC(=O)OCCCCC/C=C\C=C/CCCCCCCCCCCCC(=O)NC(CO)C(O)CCCCCCCCCCCCCCCCCC. The van der Waals surface area contributed by atoms with E-state index < -0.39 is 12.1 Å². The molecule has 0 aliphatic rings. The molecule has 6 nitrogen and oxygen atoms in total. The molecule has 3 N–H and O–H groups in total. The minimum atomic E-state index is -0.671. The number of nitrogens with one attached hydrogen (secondary N) is 1. The molecular formula is C64H123NO5. The van der Waals surface area contributed by atoms with Gasteiger partial charge >= 0.3 is 5.97 Å². The highest BCUT2D eigenvalue weighted by Crippen LogP contribution is 2.18. The number of allylic oxidation sites excluding steroid dienone is 4. The molecule has 414 valence electrons. The standard InChI is InChI=1S/C64H123NO5/c1-3-5-7-9-11-13-15-17-19-21-26-30-34-38-42-46-50-54-58-64(69)70-59-55-51-47-43-39-35-31-27-24-22-23-25-29-33-37-41-45-49-53-57-63(68)65-61(60-66)62(67)56-52-48-44-40-36-32-28-20-18-16-14-12-10-8-6-4-2/h27,31,35,39,61-62,66-67H,3-26,28-30,32-34,36-38,40-60H2,1-2H3,(H,65,68)/b31-27-,39-35-. The van der Waals surface area contributed by atoms with Gasteiger partial charge < -0.3 is 20.3 Å². The molecule has 2 atom stereocenters. The molecule has 0 aromatic rings. The van der Waals surface area contributed by atoms with Crippen LogP contribution in [0.1, 0.15) is 348 Å². The highest BCUT2D eigenvalue weighted by Gasteiger charge is 2.20. The smallest absolute Gasteiger partial charge is 0.305 e. The minimum absolute atomic E-state index is 0.00837. The first-order valence-corrected chi connectivity index (χ1v) is 31.6. The molecule has 0 heterocycles. The quantitative estimate of drug-likeness (QED) is 0.0321. The number of carbonyl (C=O) groups excluding carboxylic acids is 2. The van der Waals surface area contributed by atoms with Crippen LogP contribution in [0.5, 0.6) is 0 Å². The van der Waals surface area contributed by atoms with Gasteiger partial charge in [-0.2, -0.15) is 0 Å². The summed E-state index contributed by atoms with van der Waals surface area (Å²) in [5.41, 5.74) is 0. The molecule has 0 spiro atoms. The number of aliphatic hydroxyl groups is 2. The molecule has 0 rings (SSSR count). The summed E-state index contributed by atoms with van der Waals surface area (Å²) in [7, 11) is 0. The number of esters is 1. The van der Waals surface area contributed by atoms with Crippen LogP contribution in [0.3, 0.4) is 0 Å². The van der Waals surface area contributed by atoms with Gasteiger partial charge in [-0.05, 0) is 57.8 Å². The fourth-order valence-electron chi connectivity index (χ4n) is 9.93. The van der Waals surface area contributed by atoms with Crippen LogP contribution in [-0.2, 0) is 14.3 Å². The van der Waals surface area contributed by atoms with Crippen molar-refractivity contribution in [3.8, 4) is 0 Å². The first kappa shape index (κ1) is 68.3. The Kier molecular flexibility index (Phi) is 58.5. The number of hydrogen-bond donors (Lipinski definition) is 3. The van der Waals surface area contributed by atoms with Crippen molar-refractivity contribution in [2.24, 2.45) is 0 Å². The van der Waals surface area contributed by atoms with Gasteiger partial charge in [-0.3, -0.25) is 9.59 Å². The Morgan fingerprint density at radius 3 is 1.06 bits per heavy atom. The summed E-state index contributed by atoms with van der Waals surface area (Å²) in [5, 5.41) is 23.3. The van der Waals surface area contributed by atoms with E-state index in [1.54, 1.807) is 0 Å². The molecule has 0 aliphatic carbocycles. The van der Waals surface area contributed by atoms with E-state index >= 15 is 0 Å². The molecule has 0 bridgehead atoms. The maximum absolute atomic E-state index is 12.5. The zero-order valence-electron chi connectivity index (χ0n) is 47.3. The Morgan fingerprint density at radius 1 is 0.400 bits per heavy atom. The molecule has 1 amide bonds. The van der Waals surface area contributed by atoms with Crippen molar-refractivity contribution in [3.63, 3.8) is 0 Å². The summed E-state index contributed by atoms with van der Waals surface area (Å²) in [4.78, 5) is 24.6. The number of amides is 1. The third-order valence-electron chi connectivity index (χ3n) is 14.8. The lowest BCUT2D eigenvalue weighted by atomic mass is 10.0. The molecule has 0 aromatic carbocycles. The Hall–Kier alpha value is -1.66. The molecular weight excluding hydrogens is 863 g/mol. The summed E-state index contributed by atoms with van der Waals surface area (Å²) < 4.78 is 5.47. The molecule has 0 saturated heterocycles. The molecule has 0 fully saturated rings. The maximum Gasteiger partial charge on any atom is 0.305 e. The minimum Gasteiger partial charge on any atom is -0.466 e. The Bertz CT molecular complexity index is 1090. The van der Waals surface area contributed by atoms with Gasteiger partial charge in [0.15, 0.2) is 0 Å². The predicted octanol–water partition coefficient (Wildman–Crippen LogP) is 19.8. The number of rotatable bonds is 59. The predicted molar refractivity (Wildman–Crippen MR) is 306 cm³/mol. The first-order valence-electron chi connectivity index (χ1n) is 31.6. The second-order valence-corrected chi connectivity index (χ2v) is 21.8. The molecule has 0 saturated carbocycles. The van der Waals surface area contributed by atoms with E-state index in [1.807, 2.05) is 0 Å². The molecule has 0 aromatic heterocycles. The number of hydrogen-bond acceptors (Lipinski definition) is 5. The van der Waals surface area contributed by atoms with E-state index in [-0.39, 0.29) is 18.5 Å². The second-order valence-electron chi connectivity index (χ2n) is 21.8. The van der Waals surface area contributed by atoms with E-state index in [0.29, 0.717) is 25.9 Å². The molecule has 0 aliphatic heterocycles. The van der Waals surface area contributed by atoms with Crippen LogP contribution in [0.25, 0.3) is 0 Å². The van der Waals surface area contributed by atoms with Crippen molar-refractivity contribution in [2.45, 2.75) is 360 Å². The lowest BCUT2D eigenvalue weighted by Crippen LogP contribution is -2.45. The third kappa shape index (κ3) is 55.7. The van der Waals surface area contributed by atoms with Crippen molar-refractivity contribution < 1.29 is 24.5 Å². The normalized spacial score (nSPS) is 12.7. The average molecular weight is 987 g/mol. The van der Waals surface area contributed by atoms with Crippen molar-refractivity contribution in [1.29, 1.82) is 0 Å². The highest BCUT2D eigenvalue weighted by molar-refractivity contribution is 5.76. The van der Waals surface area contributed by atoms with Crippen LogP contribution in [0, 0.1) is 0 Å². The van der Waals surface area contributed by atoms with Gasteiger partial charge in [-0.15, -0.1) is 0 Å². The summed E-state index contributed by atoms with van der Waals surface area (Å²) in [6.45, 7) is 4.94. The highest BCUT2D eigenvalue weighted by atomic mass is 16.5. The van der Waals surface area contributed by atoms with Gasteiger partial charge in [0, 0.05) is 12.8 Å². The first-order chi connectivity index (χ1) is 34.5. The Balaban J connectivity index is 3.45. The van der Waals surface area contributed by atoms with Crippen LogP contribution in [-0.4, -0.2) is 47.4 Å². The zero-order chi connectivity index (χ0) is 50.7. The van der Waals surface area contributed by atoms with Crippen LogP contribution in [0.4, 0.5) is 0 Å². The van der Waals surface area contributed by atoms with Gasteiger partial charge in [0.1, 0.15) is 0 Å². The lowest BCUT2D eigenvalue weighted by Gasteiger charge is -2.22. The van der Waals surface area contributed by atoms with Crippen molar-refractivity contribution in [3.05, 3.63) is 24.3 Å². The zero-order valence-corrected chi connectivity index (χ0v) is 47.3. The largest absolute Gasteiger partial charge is 0.466 e. The third-order valence-corrected chi connectivity index (χ3v) is 14.8. The summed E-state index contributed by atoms with van der Waals surface area (Å²) >= 11 is 0. The summed E-state index contributed by atoms with van der Waals surface area (Å²) in [5.74, 6) is -0.0509. The molecule has 6 heteroatoms. The summed E-state index contributed by atoms with van der Waals surface area (Å²) in [6, 6.07) is -0.549. The van der Waals surface area contributed by atoms with E-state index in [1.165, 1.54) is 244 Å².